The van der Waals surface area contributed by atoms with Gasteiger partial charge < -0.3 is 15.8 Å². The molecule has 0 saturated carbocycles. The van der Waals surface area contributed by atoms with Crippen molar-refractivity contribution < 1.29 is 9.53 Å². The van der Waals surface area contributed by atoms with E-state index in [-0.39, 0.29) is 24.0 Å². The molecular weight excluding hydrogens is 240 g/mol. The smallest absolute Gasteiger partial charge is 0.226 e. The zero-order valence-electron chi connectivity index (χ0n) is 11.3. The number of amides is 1. The Morgan fingerprint density at radius 1 is 1.47 bits per heavy atom. The Kier molecular flexibility index (Phi) is 4.93. The molecule has 1 fully saturated rings. The molecule has 19 heavy (non-hydrogen) atoms. The SMILES string of the molecule is CCC1OCCC1C(=O)NC(CN)c1ccccc1. The summed E-state index contributed by atoms with van der Waals surface area (Å²) in [5, 5.41) is 3.05. The number of carbonyl (C=O) groups is 1. The summed E-state index contributed by atoms with van der Waals surface area (Å²) >= 11 is 0. The molecule has 0 radical (unpaired) electrons. The number of nitrogens with two attached hydrogens (primary N) is 1. The molecule has 1 amide bonds. The number of benzene rings is 1. The van der Waals surface area contributed by atoms with Crippen LogP contribution in [0.1, 0.15) is 31.4 Å². The second kappa shape index (κ2) is 6.68. The van der Waals surface area contributed by atoms with Crippen LogP contribution in [0.5, 0.6) is 0 Å². The molecule has 1 saturated heterocycles. The van der Waals surface area contributed by atoms with E-state index in [2.05, 4.69) is 5.32 Å². The molecule has 3 N–H and O–H groups in total. The summed E-state index contributed by atoms with van der Waals surface area (Å²) in [4.78, 5) is 12.3. The third-order valence-corrected chi connectivity index (χ3v) is 3.70. The maximum Gasteiger partial charge on any atom is 0.226 e. The summed E-state index contributed by atoms with van der Waals surface area (Å²) in [6.45, 7) is 3.13. The van der Waals surface area contributed by atoms with Crippen LogP contribution in [0.15, 0.2) is 30.3 Å². The summed E-state index contributed by atoms with van der Waals surface area (Å²) < 4.78 is 5.56. The molecule has 0 aromatic heterocycles. The lowest BCUT2D eigenvalue weighted by Gasteiger charge is -2.22. The predicted octanol–water partition coefficient (Wildman–Crippen LogP) is 1.62. The molecule has 0 bridgehead atoms. The Morgan fingerprint density at radius 2 is 2.21 bits per heavy atom. The highest BCUT2D eigenvalue weighted by molar-refractivity contribution is 5.80. The topological polar surface area (TPSA) is 64.3 Å². The average molecular weight is 262 g/mol. The maximum atomic E-state index is 12.3. The fourth-order valence-electron chi connectivity index (χ4n) is 2.59. The molecular formula is C15H22N2O2. The number of nitrogens with one attached hydrogen (secondary N) is 1. The molecule has 4 heteroatoms. The van der Waals surface area contributed by atoms with Gasteiger partial charge in [-0.15, -0.1) is 0 Å². The molecule has 1 aromatic carbocycles. The highest BCUT2D eigenvalue weighted by atomic mass is 16.5. The van der Waals surface area contributed by atoms with Crippen molar-refractivity contribution in [1.82, 2.24) is 5.32 Å². The van der Waals surface area contributed by atoms with Crippen molar-refractivity contribution >= 4 is 5.91 Å². The van der Waals surface area contributed by atoms with Gasteiger partial charge in [0.2, 0.25) is 5.91 Å². The van der Waals surface area contributed by atoms with Gasteiger partial charge in [0.1, 0.15) is 0 Å². The summed E-state index contributed by atoms with van der Waals surface area (Å²) in [6, 6.07) is 9.72. The minimum Gasteiger partial charge on any atom is -0.377 e. The van der Waals surface area contributed by atoms with Crippen LogP contribution >= 0.6 is 0 Å². The lowest BCUT2D eigenvalue weighted by Crippen LogP contribution is -2.39. The van der Waals surface area contributed by atoms with Gasteiger partial charge >= 0.3 is 0 Å². The van der Waals surface area contributed by atoms with E-state index in [1.165, 1.54) is 0 Å². The van der Waals surface area contributed by atoms with Crippen molar-refractivity contribution in [2.45, 2.75) is 31.9 Å². The largest absolute Gasteiger partial charge is 0.377 e. The Bertz CT molecular complexity index is 408. The van der Waals surface area contributed by atoms with Gasteiger partial charge in [-0.05, 0) is 18.4 Å². The van der Waals surface area contributed by atoms with Crippen LogP contribution in [0.25, 0.3) is 0 Å². The van der Waals surface area contributed by atoms with E-state index in [1.807, 2.05) is 37.3 Å². The molecule has 1 aliphatic heterocycles. The molecule has 104 valence electrons. The molecule has 1 aromatic rings. The molecule has 2 rings (SSSR count). The highest BCUT2D eigenvalue weighted by Crippen LogP contribution is 2.24. The van der Waals surface area contributed by atoms with E-state index in [0.717, 1.165) is 18.4 Å². The first-order chi connectivity index (χ1) is 9.26. The molecule has 3 unspecified atom stereocenters. The zero-order chi connectivity index (χ0) is 13.7. The number of hydrogen-bond donors (Lipinski definition) is 2. The van der Waals surface area contributed by atoms with Crippen LogP contribution in [0, 0.1) is 5.92 Å². The van der Waals surface area contributed by atoms with E-state index in [0.29, 0.717) is 13.2 Å². The number of ether oxygens (including phenoxy) is 1. The second-order valence-electron chi connectivity index (χ2n) is 4.92. The molecule has 4 nitrogen and oxygen atoms in total. The fraction of sp³-hybridized carbons (Fsp3) is 0.533. The zero-order valence-corrected chi connectivity index (χ0v) is 11.3. The Balaban J connectivity index is 2.00. The predicted molar refractivity (Wildman–Crippen MR) is 74.5 cm³/mol. The first-order valence-corrected chi connectivity index (χ1v) is 6.93. The van der Waals surface area contributed by atoms with Gasteiger partial charge in [0.05, 0.1) is 18.1 Å². The van der Waals surface area contributed by atoms with Gasteiger partial charge in [-0.1, -0.05) is 37.3 Å². The van der Waals surface area contributed by atoms with Crippen molar-refractivity contribution in [2.24, 2.45) is 11.7 Å². The molecule has 0 aliphatic carbocycles. The van der Waals surface area contributed by atoms with E-state index >= 15 is 0 Å². The highest BCUT2D eigenvalue weighted by Gasteiger charge is 2.33. The maximum absolute atomic E-state index is 12.3. The van der Waals surface area contributed by atoms with Crippen LogP contribution in [0.3, 0.4) is 0 Å². The number of hydrogen-bond acceptors (Lipinski definition) is 3. The van der Waals surface area contributed by atoms with E-state index < -0.39 is 0 Å². The summed E-state index contributed by atoms with van der Waals surface area (Å²) in [6.07, 6.45) is 1.72. The van der Waals surface area contributed by atoms with Crippen molar-refractivity contribution in [3.05, 3.63) is 35.9 Å². The van der Waals surface area contributed by atoms with Gasteiger partial charge in [-0.2, -0.15) is 0 Å². The monoisotopic (exact) mass is 262 g/mol. The van der Waals surface area contributed by atoms with Crippen molar-refractivity contribution in [3.63, 3.8) is 0 Å². The Morgan fingerprint density at radius 3 is 2.84 bits per heavy atom. The molecule has 1 heterocycles. The third-order valence-electron chi connectivity index (χ3n) is 3.70. The normalized spacial score (nSPS) is 24.1. The van der Waals surface area contributed by atoms with Crippen LogP contribution in [0.4, 0.5) is 0 Å². The van der Waals surface area contributed by atoms with Gasteiger partial charge in [-0.3, -0.25) is 4.79 Å². The van der Waals surface area contributed by atoms with Crippen LogP contribution in [-0.2, 0) is 9.53 Å². The minimum atomic E-state index is -0.119. The molecule has 3 atom stereocenters. The van der Waals surface area contributed by atoms with E-state index in [9.17, 15) is 4.79 Å². The van der Waals surface area contributed by atoms with Crippen LogP contribution in [-0.4, -0.2) is 25.2 Å². The first-order valence-electron chi connectivity index (χ1n) is 6.93. The van der Waals surface area contributed by atoms with E-state index in [4.69, 9.17) is 10.5 Å². The summed E-state index contributed by atoms with van der Waals surface area (Å²) in [5.74, 6) is 0.0198. The quantitative estimate of drug-likeness (QED) is 0.847. The standard InChI is InChI=1S/C15H22N2O2/c1-2-14-12(8-9-19-14)15(18)17-13(10-16)11-6-4-3-5-7-11/h3-7,12-14H,2,8-10,16H2,1H3,(H,17,18). The third kappa shape index (κ3) is 3.33. The number of carbonyl (C=O) groups excluding carboxylic acids is 1. The lowest BCUT2D eigenvalue weighted by atomic mass is 9.97. The summed E-state index contributed by atoms with van der Waals surface area (Å²) in [7, 11) is 0. The van der Waals surface area contributed by atoms with Crippen LogP contribution in [0.2, 0.25) is 0 Å². The molecule has 0 spiro atoms. The van der Waals surface area contributed by atoms with Gasteiger partial charge in [0.25, 0.3) is 0 Å². The van der Waals surface area contributed by atoms with Gasteiger partial charge in [0.15, 0.2) is 0 Å². The van der Waals surface area contributed by atoms with Crippen molar-refractivity contribution in [3.8, 4) is 0 Å². The Hall–Kier alpha value is -1.39. The molecule has 1 aliphatic rings. The van der Waals surface area contributed by atoms with Crippen LogP contribution < -0.4 is 11.1 Å². The Labute approximate surface area is 114 Å². The van der Waals surface area contributed by atoms with Gasteiger partial charge in [0, 0.05) is 13.2 Å². The minimum absolute atomic E-state index is 0.0391. The lowest BCUT2D eigenvalue weighted by molar-refractivity contribution is -0.127. The van der Waals surface area contributed by atoms with Crippen molar-refractivity contribution in [2.75, 3.05) is 13.2 Å². The summed E-state index contributed by atoms with van der Waals surface area (Å²) in [5.41, 5.74) is 6.82. The van der Waals surface area contributed by atoms with Crippen molar-refractivity contribution in [1.29, 1.82) is 0 Å². The van der Waals surface area contributed by atoms with Gasteiger partial charge in [-0.25, -0.2) is 0 Å². The second-order valence-corrected chi connectivity index (χ2v) is 4.92. The number of rotatable bonds is 5. The first kappa shape index (κ1) is 14.0. The van der Waals surface area contributed by atoms with E-state index in [1.54, 1.807) is 0 Å². The average Bonchev–Trinajstić information content (AvgIpc) is 2.94. The fourth-order valence-corrected chi connectivity index (χ4v) is 2.59.